The van der Waals surface area contributed by atoms with E-state index in [-0.39, 0.29) is 5.91 Å². The third-order valence-electron chi connectivity index (χ3n) is 4.14. The Kier molecular flexibility index (Phi) is 5.93. The van der Waals surface area contributed by atoms with Crippen LogP contribution in [-0.2, 0) is 11.3 Å². The van der Waals surface area contributed by atoms with Crippen LogP contribution < -0.4 is 11.1 Å². The van der Waals surface area contributed by atoms with Crippen molar-refractivity contribution in [2.24, 2.45) is 5.73 Å². The van der Waals surface area contributed by atoms with Crippen molar-refractivity contribution in [3.05, 3.63) is 52.9 Å². The lowest BCUT2D eigenvalue weighted by Gasteiger charge is -2.12. The number of carbonyl (C=O) groups is 1. The Bertz CT molecular complexity index is 630. The molecule has 1 unspecified atom stereocenters. The first kappa shape index (κ1) is 17.2. The average molecular weight is 315 g/mol. The molecule has 0 aliphatic rings. The largest absolute Gasteiger partial charge is 0.359 e. The summed E-state index contributed by atoms with van der Waals surface area (Å²) in [6.07, 6.45) is 2.04. The van der Waals surface area contributed by atoms with E-state index >= 15 is 0 Å². The van der Waals surface area contributed by atoms with E-state index in [0.29, 0.717) is 18.2 Å². The van der Waals surface area contributed by atoms with E-state index in [0.717, 1.165) is 29.7 Å². The standard InChI is InChI=1S/C18H25N3O2/c1-4-13(5-2)16-10-15(23-21-16)11-20-18(22)17(19)14-8-6-12(3)7-9-14/h6-10,13,17H,4-5,11,19H2,1-3H3,(H,20,22). The van der Waals surface area contributed by atoms with Crippen LogP contribution >= 0.6 is 0 Å². The van der Waals surface area contributed by atoms with Crippen molar-refractivity contribution in [3.63, 3.8) is 0 Å². The molecule has 1 aromatic carbocycles. The number of nitrogens with one attached hydrogen (secondary N) is 1. The maximum Gasteiger partial charge on any atom is 0.241 e. The molecule has 0 radical (unpaired) electrons. The molecule has 0 aliphatic heterocycles. The van der Waals surface area contributed by atoms with Crippen LogP contribution in [0.4, 0.5) is 0 Å². The number of hydrogen-bond acceptors (Lipinski definition) is 4. The zero-order valence-corrected chi connectivity index (χ0v) is 14.0. The highest BCUT2D eigenvalue weighted by Gasteiger charge is 2.17. The van der Waals surface area contributed by atoms with E-state index < -0.39 is 6.04 Å². The number of aromatic nitrogens is 1. The molecule has 0 fully saturated rings. The molecular weight excluding hydrogens is 290 g/mol. The number of nitrogens with two attached hydrogens (primary N) is 1. The van der Waals surface area contributed by atoms with Gasteiger partial charge in [0.1, 0.15) is 6.04 Å². The van der Waals surface area contributed by atoms with Gasteiger partial charge in [0.05, 0.1) is 12.2 Å². The number of rotatable bonds is 7. The van der Waals surface area contributed by atoms with Gasteiger partial charge in [0.25, 0.3) is 0 Å². The fourth-order valence-electron chi connectivity index (χ4n) is 2.52. The second-order valence-electron chi connectivity index (χ2n) is 5.84. The lowest BCUT2D eigenvalue weighted by atomic mass is 9.99. The van der Waals surface area contributed by atoms with E-state index in [9.17, 15) is 4.79 Å². The van der Waals surface area contributed by atoms with Crippen molar-refractivity contribution in [3.8, 4) is 0 Å². The Labute approximate surface area is 137 Å². The first-order chi connectivity index (χ1) is 11.0. The molecule has 0 saturated carbocycles. The lowest BCUT2D eigenvalue weighted by molar-refractivity contribution is -0.122. The van der Waals surface area contributed by atoms with Gasteiger partial charge in [-0.25, -0.2) is 0 Å². The highest BCUT2D eigenvalue weighted by molar-refractivity contribution is 5.82. The van der Waals surface area contributed by atoms with Crippen LogP contribution in [-0.4, -0.2) is 11.1 Å². The minimum absolute atomic E-state index is 0.227. The monoisotopic (exact) mass is 315 g/mol. The van der Waals surface area contributed by atoms with Crippen LogP contribution in [0.3, 0.4) is 0 Å². The Morgan fingerprint density at radius 1 is 1.26 bits per heavy atom. The Hall–Kier alpha value is -2.14. The second-order valence-corrected chi connectivity index (χ2v) is 5.84. The molecule has 0 saturated heterocycles. The number of amides is 1. The molecule has 3 N–H and O–H groups in total. The molecule has 1 amide bonds. The van der Waals surface area contributed by atoms with Gasteiger partial charge in [0.2, 0.25) is 5.91 Å². The maximum atomic E-state index is 12.2. The summed E-state index contributed by atoms with van der Waals surface area (Å²) in [6, 6.07) is 8.87. The molecule has 5 nitrogen and oxygen atoms in total. The molecule has 5 heteroatoms. The predicted octanol–water partition coefficient (Wildman–Crippen LogP) is 3.20. The van der Waals surface area contributed by atoms with Gasteiger partial charge in [-0.2, -0.15) is 0 Å². The fourth-order valence-corrected chi connectivity index (χ4v) is 2.52. The number of carbonyl (C=O) groups excluding carboxylic acids is 1. The normalized spacial score (nSPS) is 12.4. The van der Waals surface area contributed by atoms with E-state index in [1.807, 2.05) is 37.3 Å². The van der Waals surface area contributed by atoms with Crippen molar-refractivity contribution < 1.29 is 9.32 Å². The molecule has 23 heavy (non-hydrogen) atoms. The smallest absolute Gasteiger partial charge is 0.241 e. The molecule has 2 rings (SSSR count). The Morgan fingerprint density at radius 2 is 1.91 bits per heavy atom. The quantitative estimate of drug-likeness (QED) is 0.822. The van der Waals surface area contributed by atoms with Gasteiger partial charge in [-0.15, -0.1) is 0 Å². The highest BCUT2D eigenvalue weighted by atomic mass is 16.5. The van der Waals surface area contributed by atoms with Crippen LogP contribution in [0, 0.1) is 6.92 Å². The first-order valence-electron chi connectivity index (χ1n) is 8.10. The maximum absolute atomic E-state index is 12.2. The Balaban J connectivity index is 1.92. The third-order valence-corrected chi connectivity index (χ3v) is 4.14. The van der Waals surface area contributed by atoms with Gasteiger partial charge in [-0.1, -0.05) is 48.8 Å². The molecule has 0 spiro atoms. The minimum Gasteiger partial charge on any atom is -0.359 e. The zero-order chi connectivity index (χ0) is 16.8. The number of aryl methyl sites for hydroxylation is 1. The molecule has 1 atom stereocenters. The summed E-state index contributed by atoms with van der Waals surface area (Å²) in [5.74, 6) is 0.823. The number of benzene rings is 1. The van der Waals surface area contributed by atoms with Crippen molar-refractivity contribution >= 4 is 5.91 Å². The van der Waals surface area contributed by atoms with Crippen molar-refractivity contribution in [2.75, 3.05) is 0 Å². The number of nitrogens with zero attached hydrogens (tertiary/aromatic N) is 1. The molecule has 124 valence electrons. The third kappa shape index (κ3) is 4.42. The topological polar surface area (TPSA) is 81.2 Å². The molecule has 0 bridgehead atoms. The summed E-state index contributed by atoms with van der Waals surface area (Å²) in [5, 5.41) is 6.89. The van der Waals surface area contributed by atoms with E-state index in [4.69, 9.17) is 10.3 Å². The van der Waals surface area contributed by atoms with E-state index in [1.165, 1.54) is 0 Å². The molecule has 0 aliphatic carbocycles. The average Bonchev–Trinajstić information content (AvgIpc) is 3.02. The van der Waals surface area contributed by atoms with Crippen molar-refractivity contribution in [1.29, 1.82) is 0 Å². The van der Waals surface area contributed by atoms with Crippen LogP contribution in [0.15, 0.2) is 34.9 Å². The summed E-state index contributed by atoms with van der Waals surface area (Å²) in [4.78, 5) is 12.2. The van der Waals surface area contributed by atoms with E-state index in [1.54, 1.807) is 0 Å². The highest BCUT2D eigenvalue weighted by Crippen LogP contribution is 2.22. The SMILES string of the molecule is CCC(CC)c1cc(CNC(=O)C(N)c2ccc(C)cc2)on1. The van der Waals surface area contributed by atoms with Crippen molar-refractivity contribution in [1.82, 2.24) is 10.5 Å². The number of hydrogen-bond donors (Lipinski definition) is 2. The van der Waals surface area contributed by atoms with Gasteiger partial charge in [-0.05, 0) is 25.3 Å². The van der Waals surface area contributed by atoms with E-state index in [2.05, 4.69) is 24.3 Å². The summed E-state index contributed by atoms with van der Waals surface area (Å²) < 4.78 is 5.30. The summed E-state index contributed by atoms with van der Waals surface area (Å²) in [5.41, 5.74) is 8.87. The van der Waals surface area contributed by atoms with Crippen LogP contribution in [0.2, 0.25) is 0 Å². The van der Waals surface area contributed by atoms with Gasteiger partial charge in [-0.3, -0.25) is 4.79 Å². The van der Waals surface area contributed by atoms with Gasteiger partial charge >= 0.3 is 0 Å². The lowest BCUT2D eigenvalue weighted by Crippen LogP contribution is -2.33. The zero-order valence-electron chi connectivity index (χ0n) is 14.0. The van der Waals surface area contributed by atoms with Crippen LogP contribution in [0.5, 0.6) is 0 Å². The van der Waals surface area contributed by atoms with Crippen molar-refractivity contribution in [2.45, 2.75) is 52.1 Å². The first-order valence-corrected chi connectivity index (χ1v) is 8.10. The molecule has 1 aromatic heterocycles. The Morgan fingerprint density at radius 3 is 2.52 bits per heavy atom. The predicted molar refractivity (Wildman–Crippen MR) is 89.8 cm³/mol. The summed E-state index contributed by atoms with van der Waals surface area (Å²) in [7, 11) is 0. The second kappa shape index (κ2) is 7.92. The van der Waals surface area contributed by atoms with Crippen LogP contribution in [0.25, 0.3) is 0 Å². The molecular formula is C18H25N3O2. The molecule has 1 heterocycles. The summed E-state index contributed by atoms with van der Waals surface area (Å²) in [6.45, 7) is 6.55. The van der Waals surface area contributed by atoms with Gasteiger partial charge in [0.15, 0.2) is 5.76 Å². The molecule has 2 aromatic rings. The summed E-state index contributed by atoms with van der Waals surface area (Å²) >= 11 is 0. The van der Waals surface area contributed by atoms with Crippen LogP contribution in [0.1, 0.15) is 61.2 Å². The van der Waals surface area contributed by atoms with Gasteiger partial charge in [0, 0.05) is 12.0 Å². The minimum atomic E-state index is -0.683. The fraction of sp³-hybridized carbons (Fsp3) is 0.444. The van der Waals surface area contributed by atoms with Gasteiger partial charge < -0.3 is 15.6 Å².